The quantitative estimate of drug-likeness (QED) is 0.429. The number of hydrogen-bond acceptors (Lipinski definition) is 4. The van der Waals surface area contributed by atoms with Gasteiger partial charge in [-0.2, -0.15) is 4.31 Å². The highest BCUT2D eigenvalue weighted by molar-refractivity contribution is 7.89. The van der Waals surface area contributed by atoms with Gasteiger partial charge in [-0.15, -0.1) is 0 Å². The lowest BCUT2D eigenvalue weighted by Gasteiger charge is -2.29. The summed E-state index contributed by atoms with van der Waals surface area (Å²) in [6.07, 6.45) is 0. The van der Waals surface area contributed by atoms with Crippen LogP contribution in [-0.2, 0) is 21.4 Å². The molecule has 0 fully saturated rings. The fraction of sp³-hybridized carbons (Fsp3) is 0.231. The summed E-state index contributed by atoms with van der Waals surface area (Å²) in [7, 11) is -4.43. The van der Waals surface area contributed by atoms with Gasteiger partial charge >= 0.3 is 0 Å². The van der Waals surface area contributed by atoms with Crippen LogP contribution in [0.4, 0.5) is 8.78 Å². The summed E-state index contributed by atoms with van der Waals surface area (Å²) in [5.41, 5.74) is 5.58. The lowest BCUT2D eigenvalue weighted by Crippen LogP contribution is -2.41. The van der Waals surface area contributed by atoms with Gasteiger partial charge in [-0.1, -0.05) is 23.7 Å². The average Bonchev–Trinajstić information content (AvgIpc) is 2.77. The second-order valence-corrected chi connectivity index (χ2v) is 11.7. The molecule has 0 aromatic heterocycles. The Kier molecular flexibility index (Phi) is 8.36. The molecule has 3 N–H and O–H groups in total. The molecule has 0 saturated carbocycles. The molecule has 37 heavy (non-hydrogen) atoms. The standard InChI is InChI=1S/C26H26ClF2N3O4S/c1-26(2,3)31-25(34)17-6-4-16(5-7-17)15-32(37(35,36)22-10-8-19(27)9-11-22)23(24(30)33)18-12-20(28)14-21(29)13-18/h4-14,23H,15H2,1-3H3,(H2,30,33)(H,31,34). The minimum atomic E-state index is -4.43. The number of sulfonamides is 1. The van der Waals surface area contributed by atoms with Gasteiger partial charge in [0, 0.05) is 28.7 Å². The third-order valence-electron chi connectivity index (χ3n) is 5.22. The molecule has 11 heteroatoms. The number of amides is 2. The van der Waals surface area contributed by atoms with E-state index in [9.17, 15) is 26.8 Å². The first-order valence-corrected chi connectivity index (χ1v) is 12.9. The fourth-order valence-corrected chi connectivity index (χ4v) is 5.32. The van der Waals surface area contributed by atoms with Crippen LogP contribution in [0.5, 0.6) is 0 Å². The number of carbonyl (C=O) groups is 2. The number of primary amides is 1. The molecule has 0 aliphatic heterocycles. The molecule has 3 aromatic rings. The zero-order valence-electron chi connectivity index (χ0n) is 20.3. The molecule has 3 aromatic carbocycles. The Hall–Kier alpha value is -3.34. The van der Waals surface area contributed by atoms with E-state index in [2.05, 4.69) is 5.32 Å². The van der Waals surface area contributed by atoms with Crippen molar-refractivity contribution in [1.29, 1.82) is 0 Å². The number of rotatable bonds is 8. The van der Waals surface area contributed by atoms with E-state index in [1.54, 1.807) is 0 Å². The van der Waals surface area contributed by atoms with E-state index in [0.717, 1.165) is 16.4 Å². The highest BCUT2D eigenvalue weighted by atomic mass is 35.5. The topological polar surface area (TPSA) is 110 Å². The summed E-state index contributed by atoms with van der Waals surface area (Å²) in [6, 6.07) is 11.8. The van der Waals surface area contributed by atoms with Gasteiger partial charge in [0.1, 0.15) is 17.7 Å². The number of benzene rings is 3. The molecule has 0 heterocycles. The summed E-state index contributed by atoms with van der Waals surface area (Å²) in [4.78, 5) is 24.8. The van der Waals surface area contributed by atoms with Crippen LogP contribution in [0.25, 0.3) is 0 Å². The van der Waals surface area contributed by atoms with E-state index in [1.807, 2.05) is 20.8 Å². The van der Waals surface area contributed by atoms with Gasteiger partial charge in [0.15, 0.2) is 0 Å². The lowest BCUT2D eigenvalue weighted by atomic mass is 10.0. The molecule has 7 nitrogen and oxygen atoms in total. The number of carbonyl (C=O) groups excluding carboxylic acids is 2. The minimum absolute atomic E-state index is 0.207. The van der Waals surface area contributed by atoms with Crippen LogP contribution in [0.3, 0.4) is 0 Å². The van der Waals surface area contributed by atoms with Crippen LogP contribution in [0.1, 0.15) is 48.3 Å². The van der Waals surface area contributed by atoms with Crippen molar-refractivity contribution in [2.75, 3.05) is 0 Å². The van der Waals surface area contributed by atoms with Gasteiger partial charge in [-0.25, -0.2) is 17.2 Å². The molecule has 1 atom stereocenters. The first kappa shape index (κ1) is 28.2. The third kappa shape index (κ3) is 7.12. The van der Waals surface area contributed by atoms with Crippen LogP contribution < -0.4 is 11.1 Å². The van der Waals surface area contributed by atoms with Crippen molar-refractivity contribution >= 4 is 33.4 Å². The molecule has 0 radical (unpaired) electrons. The maximum atomic E-state index is 14.0. The van der Waals surface area contributed by atoms with Gasteiger partial charge in [0.05, 0.1) is 4.90 Å². The number of nitrogens with two attached hydrogens (primary N) is 1. The monoisotopic (exact) mass is 549 g/mol. The molecule has 0 aliphatic carbocycles. The third-order valence-corrected chi connectivity index (χ3v) is 7.30. The zero-order chi connectivity index (χ0) is 27.5. The van der Waals surface area contributed by atoms with Gasteiger partial charge in [-0.05, 0) is 80.4 Å². The van der Waals surface area contributed by atoms with E-state index >= 15 is 0 Å². The molecule has 0 saturated heterocycles. The van der Waals surface area contributed by atoms with Gasteiger partial charge in [0.25, 0.3) is 5.91 Å². The van der Waals surface area contributed by atoms with Crippen LogP contribution in [0, 0.1) is 11.6 Å². The Balaban J connectivity index is 2.08. The molecule has 0 spiro atoms. The predicted octanol–water partition coefficient (Wildman–Crippen LogP) is 4.56. The van der Waals surface area contributed by atoms with E-state index in [1.165, 1.54) is 48.5 Å². The summed E-state index contributed by atoms with van der Waals surface area (Å²) in [5.74, 6) is -3.46. The zero-order valence-corrected chi connectivity index (χ0v) is 21.9. The second-order valence-electron chi connectivity index (χ2n) is 9.41. The van der Waals surface area contributed by atoms with Crippen LogP contribution >= 0.6 is 11.6 Å². The summed E-state index contributed by atoms with van der Waals surface area (Å²) >= 11 is 5.90. The minimum Gasteiger partial charge on any atom is -0.368 e. The Morgan fingerprint density at radius 1 is 0.973 bits per heavy atom. The van der Waals surface area contributed by atoms with E-state index in [0.29, 0.717) is 17.2 Å². The fourth-order valence-electron chi connectivity index (χ4n) is 3.62. The average molecular weight is 550 g/mol. The largest absolute Gasteiger partial charge is 0.368 e. The number of hydrogen-bond donors (Lipinski definition) is 2. The Morgan fingerprint density at radius 2 is 1.51 bits per heavy atom. The van der Waals surface area contributed by atoms with E-state index < -0.39 is 45.7 Å². The molecular weight excluding hydrogens is 524 g/mol. The molecule has 1 unspecified atom stereocenters. The maximum Gasteiger partial charge on any atom is 0.251 e. The van der Waals surface area contributed by atoms with Gasteiger partial charge < -0.3 is 11.1 Å². The normalized spacial score (nSPS) is 12.8. The highest BCUT2D eigenvalue weighted by Crippen LogP contribution is 2.31. The van der Waals surface area contributed by atoms with E-state index in [-0.39, 0.29) is 21.4 Å². The molecule has 2 amide bonds. The Bertz CT molecular complexity index is 1390. The van der Waals surface area contributed by atoms with Crippen molar-refractivity contribution in [3.63, 3.8) is 0 Å². The summed E-state index contributed by atoms with van der Waals surface area (Å²) in [6.45, 7) is 5.10. The molecular formula is C26H26ClF2N3O4S. The Morgan fingerprint density at radius 3 is 2.00 bits per heavy atom. The van der Waals surface area contributed by atoms with Crippen molar-refractivity contribution in [2.45, 2.75) is 43.8 Å². The van der Waals surface area contributed by atoms with Crippen molar-refractivity contribution in [3.8, 4) is 0 Å². The van der Waals surface area contributed by atoms with Crippen LogP contribution in [0.2, 0.25) is 5.02 Å². The van der Waals surface area contributed by atoms with Crippen molar-refractivity contribution in [2.24, 2.45) is 5.73 Å². The van der Waals surface area contributed by atoms with Crippen molar-refractivity contribution in [1.82, 2.24) is 9.62 Å². The number of nitrogens with one attached hydrogen (secondary N) is 1. The van der Waals surface area contributed by atoms with Gasteiger partial charge in [-0.3, -0.25) is 9.59 Å². The predicted molar refractivity (Wildman–Crippen MR) is 136 cm³/mol. The SMILES string of the molecule is CC(C)(C)NC(=O)c1ccc(CN(C(C(N)=O)c2cc(F)cc(F)c2)S(=O)(=O)c2ccc(Cl)cc2)cc1. The maximum absolute atomic E-state index is 14.0. The Labute approximate surface area is 219 Å². The number of nitrogens with zero attached hydrogens (tertiary/aromatic N) is 1. The van der Waals surface area contributed by atoms with Crippen LogP contribution in [0.15, 0.2) is 71.6 Å². The molecule has 196 valence electrons. The second kappa shape index (κ2) is 11.0. The highest BCUT2D eigenvalue weighted by Gasteiger charge is 2.37. The lowest BCUT2D eigenvalue weighted by molar-refractivity contribution is -0.122. The smallest absolute Gasteiger partial charge is 0.251 e. The van der Waals surface area contributed by atoms with Crippen molar-refractivity contribution in [3.05, 3.63) is 100 Å². The first-order valence-electron chi connectivity index (χ1n) is 11.1. The molecule has 0 aliphatic rings. The molecule has 0 bridgehead atoms. The van der Waals surface area contributed by atoms with Gasteiger partial charge in [0.2, 0.25) is 15.9 Å². The summed E-state index contributed by atoms with van der Waals surface area (Å²) in [5, 5.41) is 3.11. The number of halogens is 3. The summed E-state index contributed by atoms with van der Waals surface area (Å²) < 4.78 is 56.2. The molecule has 3 rings (SSSR count). The van der Waals surface area contributed by atoms with Crippen molar-refractivity contribution < 1.29 is 26.8 Å². The first-order chi connectivity index (χ1) is 17.2. The van der Waals surface area contributed by atoms with Crippen LogP contribution in [-0.4, -0.2) is 30.1 Å². The van der Waals surface area contributed by atoms with E-state index in [4.69, 9.17) is 17.3 Å².